The summed E-state index contributed by atoms with van der Waals surface area (Å²) in [6.07, 6.45) is 3.30. The van der Waals surface area contributed by atoms with Gasteiger partial charge in [-0.15, -0.1) is 0 Å². The lowest BCUT2D eigenvalue weighted by Gasteiger charge is -2.19. The number of ether oxygens (including phenoxy) is 1. The average Bonchev–Trinajstić information content (AvgIpc) is 2.38. The Morgan fingerprint density at radius 1 is 1.44 bits per heavy atom. The standard InChI is InChI=1S/C16H20O2/c1-5-9-15(18-16(17)12(3)4)14-11-8-7-10-13(14)6-2/h6-8,10-11,15H,2-3,5,9H2,1,4H3. The molecule has 0 aliphatic heterocycles. The number of esters is 1. The second-order valence-electron chi connectivity index (χ2n) is 4.30. The average molecular weight is 244 g/mol. The van der Waals surface area contributed by atoms with Crippen molar-refractivity contribution in [2.75, 3.05) is 0 Å². The van der Waals surface area contributed by atoms with E-state index in [1.54, 1.807) is 13.0 Å². The van der Waals surface area contributed by atoms with Gasteiger partial charge in [-0.3, -0.25) is 0 Å². The van der Waals surface area contributed by atoms with Crippen molar-refractivity contribution in [1.29, 1.82) is 0 Å². The van der Waals surface area contributed by atoms with E-state index in [0.717, 1.165) is 24.0 Å². The van der Waals surface area contributed by atoms with Crippen LogP contribution in [0, 0.1) is 0 Å². The molecule has 0 bridgehead atoms. The highest BCUT2D eigenvalue weighted by Gasteiger charge is 2.18. The minimum atomic E-state index is -0.340. The summed E-state index contributed by atoms with van der Waals surface area (Å²) in [6.45, 7) is 11.1. The minimum Gasteiger partial charge on any atom is -0.454 e. The second kappa shape index (κ2) is 6.80. The molecule has 1 aromatic rings. The van der Waals surface area contributed by atoms with Gasteiger partial charge in [-0.1, -0.05) is 56.8 Å². The van der Waals surface area contributed by atoms with E-state index in [4.69, 9.17) is 4.74 Å². The molecule has 1 atom stereocenters. The molecule has 1 unspecified atom stereocenters. The molecule has 2 heteroatoms. The number of carbonyl (C=O) groups is 1. The fraction of sp³-hybridized carbons (Fsp3) is 0.312. The number of hydrogen-bond donors (Lipinski definition) is 0. The van der Waals surface area contributed by atoms with Crippen LogP contribution in [0.1, 0.15) is 43.9 Å². The first-order valence-electron chi connectivity index (χ1n) is 6.18. The zero-order valence-corrected chi connectivity index (χ0v) is 11.1. The van der Waals surface area contributed by atoms with Crippen LogP contribution < -0.4 is 0 Å². The van der Waals surface area contributed by atoms with Crippen molar-refractivity contribution in [3.8, 4) is 0 Å². The van der Waals surface area contributed by atoms with Crippen LogP contribution >= 0.6 is 0 Å². The van der Waals surface area contributed by atoms with Crippen molar-refractivity contribution < 1.29 is 9.53 Å². The normalized spacial score (nSPS) is 11.7. The van der Waals surface area contributed by atoms with E-state index in [-0.39, 0.29) is 12.1 Å². The Hall–Kier alpha value is -1.83. The van der Waals surface area contributed by atoms with Gasteiger partial charge in [0, 0.05) is 5.57 Å². The Bertz CT molecular complexity index is 446. The lowest BCUT2D eigenvalue weighted by atomic mass is 9.99. The molecule has 18 heavy (non-hydrogen) atoms. The summed E-state index contributed by atoms with van der Waals surface area (Å²) >= 11 is 0. The smallest absolute Gasteiger partial charge is 0.333 e. The van der Waals surface area contributed by atoms with Crippen LogP contribution in [0.15, 0.2) is 43.0 Å². The molecule has 0 saturated carbocycles. The zero-order valence-electron chi connectivity index (χ0n) is 11.1. The van der Waals surface area contributed by atoms with Gasteiger partial charge in [0.2, 0.25) is 0 Å². The molecule has 0 aliphatic carbocycles. The molecule has 1 rings (SSSR count). The predicted molar refractivity (Wildman–Crippen MR) is 75.1 cm³/mol. The summed E-state index contributed by atoms with van der Waals surface area (Å²) in [6, 6.07) is 7.84. The van der Waals surface area contributed by atoms with Crippen molar-refractivity contribution in [2.45, 2.75) is 32.8 Å². The molecule has 0 radical (unpaired) electrons. The first-order chi connectivity index (χ1) is 8.60. The van der Waals surface area contributed by atoms with Gasteiger partial charge in [-0.2, -0.15) is 0 Å². The topological polar surface area (TPSA) is 26.3 Å². The summed E-state index contributed by atoms with van der Waals surface area (Å²) in [7, 11) is 0. The molecule has 96 valence electrons. The first-order valence-corrected chi connectivity index (χ1v) is 6.18. The van der Waals surface area contributed by atoms with Crippen molar-refractivity contribution in [2.24, 2.45) is 0 Å². The molecule has 2 nitrogen and oxygen atoms in total. The van der Waals surface area contributed by atoms with E-state index in [1.807, 2.05) is 24.3 Å². The van der Waals surface area contributed by atoms with Gasteiger partial charge < -0.3 is 4.74 Å². The van der Waals surface area contributed by atoms with Crippen LogP contribution in [0.2, 0.25) is 0 Å². The van der Waals surface area contributed by atoms with Crippen molar-refractivity contribution in [3.05, 3.63) is 54.1 Å². The summed E-state index contributed by atoms with van der Waals surface area (Å²) in [5, 5.41) is 0. The molecular weight excluding hydrogens is 224 g/mol. The van der Waals surface area contributed by atoms with E-state index in [2.05, 4.69) is 20.1 Å². The summed E-state index contributed by atoms with van der Waals surface area (Å²) in [5.41, 5.74) is 2.43. The van der Waals surface area contributed by atoms with Gasteiger partial charge in [0.1, 0.15) is 6.10 Å². The predicted octanol–water partition coefficient (Wildman–Crippen LogP) is 4.29. The van der Waals surface area contributed by atoms with Gasteiger partial charge in [-0.05, 0) is 24.5 Å². The van der Waals surface area contributed by atoms with Gasteiger partial charge >= 0.3 is 5.97 Å². The van der Waals surface area contributed by atoms with Gasteiger partial charge in [0.05, 0.1) is 0 Å². The molecule has 0 amide bonds. The van der Waals surface area contributed by atoms with Crippen molar-refractivity contribution in [1.82, 2.24) is 0 Å². The highest BCUT2D eigenvalue weighted by molar-refractivity contribution is 5.87. The highest BCUT2D eigenvalue weighted by atomic mass is 16.5. The maximum Gasteiger partial charge on any atom is 0.333 e. The summed E-state index contributed by atoms with van der Waals surface area (Å²) < 4.78 is 5.49. The quantitative estimate of drug-likeness (QED) is 0.551. The molecule has 0 fully saturated rings. The Morgan fingerprint density at radius 3 is 2.67 bits per heavy atom. The zero-order chi connectivity index (χ0) is 13.5. The van der Waals surface area contributed by atoms with Gasteiger partial charge in [0.15, 0.2) is 0 Å². The van der Waals surface area contributed by atoms with Gasteiger partial charge in [-0.25, -0.2) is 4.79 Å². The van der Waals surface area contributed by atoms with Crippen LogP contribution in [0.5, 0.6) is 0 Å². The molecule has 0 saturated heterocycles. The largest absolute Gasteiger partial charge is 0.454 e. The van der Waals surface area contributed by atoms with E-state index >= 15 is 0 Å². The fourth-order valence-corrected chi connectivity index (χ4v) is 1.76. The van der Waals surface area contributed by atoms with Crippen molar-refractivity contribution in [3.63, 3.8) is 0 Å². The summed E-state index contributed by atoms with van der Waals surface area (Å²) in [5.74, 6) is -0.340. The molecular formula is C16H20O2. The van der Waals surface area contributed by atoms with E-state index in [9.17, 15) is 4.79 Å². The monoisotopic (exact) mass is 244 g/mol. The molecule has 0 N–H and O–H groups in total. The third-order valence-corrected chi connectivity index (χ3v) is 2.71. The Labute approximate surface area is 109 Å². The second-order valence-corrected chi connectivity index (χ2v) is 4.30. The third-order valence-electron chi connectivity index (χ3n) is 2.71. The third kappa shape index (κ3) is 3.59. The Morgan fingerprint density at radius 2 is 2.11 bits per heavy atom. The Kier molecular flexibility index (Phi) is 5.37. The number of carbonyl (C=O) groups excluding carboxylic acids is 1. The van der Waals surface area contributed by atoms with Gasteiger partial charge in [0.25, 0.3) is 0 Å². The SMILES string of the molecule is C=Cc1ccccc1C(CCC)OC(=O)C(=C)C. The molecule has 1 aromatic carbocycles. The molecule has 0 aromatic heterocycles. The minimum absolute atomic E-state index is 0.228. The molecule has 0 heterocycles. The first kappa shape index (κ1) is 14.2. The fourth-order valence-electron chi connectivity index (χ4n) is 1.76. The van der Waals surface area contributed by atoms with Crippen LogP contribution in [0.25, 0.3) is 6.08 Å². The lowest BCUT2D eigenvalue weighted by Crippen LogP contribution is -2.12. The maximum atomic E-state index is 11.7. The van der Waals surface area contributed by atoms with E-state index in [1.165, 1.54) is 0 Å². The van der Waals surface area contributed by atoms with E-state index in [0.29, 0.717) is 5.57 Å². The van der Waals surface area contributed by atoms with Crippen LogP contribution in [-0.2, 0) is 9.53 Å². The lowest BCUT2D eigenvalue weighted by molar-refractivity contribution is -0.145. The van der Waals surface area contributed by atoms with Crippen molar-refractivity contribution >= 4 is 12.0 Å². The highest BCUT2D eigenvalue weighted by Crippen LogP contribution is 2.27. The van der Waals surface area contributed by atoms with Crippen LogP contribution in [0.3, 0.4) is 0 Å². The maximum absolute atomic E-state index is 11.7. The van der Waals surface area contributed by atoms with E-state index < -0.39 is 0 Å². The Balaban J connectivity index is 3.00. The molecule has 0 aliphatic rings. The summed E-state index contributed by atoms with van der Waals surface area (Å²) in [4.78, 5) is 11.7. The number of benzene rings is 1. The van der Waals surface area contributed by atoms with Crippen LogP contribution in [0.4, 0.5) is 0 Å². The number of hydrogen-bond acceptors (Lipinski definition) is 2. The van der Waals surface area contributed by atoms with Crippen LogP contribution in [-0.4, -0.2) is 5.97 Å². The molecule has 0 spiro atoms. The number of rotatable bonds is 6.